The van der Waals surface area contributed by atoms with Crippen molar-refractivity contribution in [3.8, 4) is 0 Å². The van der Waals surface area contributed by atoms with E-state index in [2.05, 4.69) is 15.9 Å². The molecular formula is C8H5BrFO2. The Morgan fingerprint density at radius 1 is 1.58 bits per heavy atom. The second-order valence-electron chi connectivity index (χ2n) is 2.16. The molecule has 4 heteroatoms. The molecule has 12 heavy (non-hydrogen) atoms. The second-order valence-corrected chi connectivity index (χ2v) is 3.01. The maximum atomic E-state index is 12.8. The Labute approximate surface area is 77.2 Å². The van der Waals surface area contributed by atoms with Crippen molar-refractivity contribution in [1.29, 1.82) is 0 Å². The zero-order valence-electron chi connectivity index (χ0n) is 5.92. The summed E-state index contributed by atoms with van der Waals surface area (Å²) in [5.41, 5.74) is 0.336. The predicted molar refractivity (Wildman–Crippen MR) is 45.1 cm³/mol. The molecule has 0 unspecified atom stereocenters. The van der Waals surface area contributed by atoms with Crippen LogP contribution < -0.4 is 0 Å². The Morgan fingerprint density at radius 2 is 2.25 bits per heavy atom. The van der Waals surface area contributed by atoms with Gasteiger partial charge in [0.2, 0.25) is 0 Å². The average Bonchev–Trinajstić information content (AvgIpc) is 1.96. The molecule has 0 fully saturated rings. The molecule has 0 aliphatic heterocycles. The lowest BCUT2D eigenvalue weighted by Crippen LogP contribution is -1.97. The minimum absolute atomic E-state index is 0.324. The van der Waals surface area contributed by atoms with Crippen LogP contribution in [-0.4, -0.2) is 11.1 Å². The Morgan fingerprint density at radius 3 is 2.75 bits per heavy atom. The lowest BCUT2D eigenvalue weighted by Gasteiger charge is -1.97. The molecule has 0 bridgehead atoms. The van der Waals surface area contributed by atoms with Crippen LogP contribution in [0.1, 0.15) is 5.56 Å². The van der Waals surface area contributed by atoms with Crippen LogP contribution >= 0.6 is 15.9 Å². The predicted octanol–water partition coefficient (Wildman–Crippen LogP) is 2.23. The highest BCUT2D eigenvalue weighted by atomic mass is 79.9. The molecule has 0 saturated heterocycles. The van der Waals surface area contributed by atoms with Gasteiger partial charge in [0, 0.05) is 0 Å². The molecule has 0 saturated carbocycles. The van der Waals surface area contributed by atoms with Crippen molar-refractivity contribution in [1.82, 2.24) is 0 Å². The molecule has 0 spiro atoms. The molecule has 1 radical (unpaired) electrons. The number of carbonyl (C=O) groups is 1. The molecule has 1 aromatic rings. The van der Waals surface area contributed by atoms with Gasteiger partial charge in [0.15, 0.2) is 0 Å². The average molecular weight is 232 g/mol. The van der Waals surface area contributed by atoms with Gasteiger partial charge in [0.1, 0.15) is 5.82 Å². The molecular weight excluding hydrogens is 227 g/mol. The maximum absolute atomic E-state index is 12.8. The van der Waals surface area contributed by atoms with Gasteiger partial charge in [-0.1, -0.05) is 6.07 Å². The second kappa shape index (κ2) is 3.67. The highest BCUT2D eigenvalue weighted by Crippen LogP contribution is 2.17. The summed E-state index contributed by atoms with van der Waals surface area (Å²) in [5, 5.41) is 8.34. The maximum Gasteiger partial charge on any atom is 0.312 e. The molecule has 63 valence electrons. The summed E-state index contributed by atoms with van der Waals surface area (Å²) in [6, 6.07) is 4.13. The van der Waals surface area contributed by atoms with Crippen molar-refractivity contribution >= 4 is 21.9 Å². The molecule has 0 aromatic heterocycles. The van der Waals surface area contributed by atoms with Crippen LogP contribution in [0.4, 0.5) is 4.39 Å². The van der Waals surface area contributed by atoms with Gasteiger partial charge in [-0.15, -0.1) is 0 Å². The first-order valence-corrected chi connectivity index (χ1v) is 3.91. The molecule has 1 aromatic carbocycles. The van der Waals surface area contributed by atoms with E-state index >= 15 is 0 Å². The summed E-state index contributed by atoms with van der Waals surface area (Å²) in [7, 11) is 0. The van der Waals surface area contributed by atoms with E-state index in [4.69, 9.17) is 5.11 Å². The monoisotopic (exact) mass is 231 g/mol. The van der Waals surface area contributed by atoms with Gasteiger partial charge in [-0.2, -0.15) is 0 Å². The number of carboxylic acids is 1. The number of carboxylic acid groups (broad SMARTS) is 1. The van der Waals surface area contributed by atoms with Crippen molar-refractivity contribution in [2.24, 2.45) is 0 Å². The summed E-state index contributed by atoms with van der Waals surface area (Å²) in [4.78, 5) is 10.2. The van der Waals surface area contributed by atoms with Crippen molar-refractivity contribution in [3.05, 3.63) is 40.5 Å². The number of rotatable bonds is 2. The molecule has 0 aliphatic carbocycles. The standard InChI is InChI=1S/C8H5BrFO2/c9-6-2-1-5(3-7(6)10)4-8(11)12/h1-4H,(H,11,12). The van der Waals surface area contributed by atoms with E-state index in [0.29, 0.717) is 10.0 Å². The third kappa shape index (κ3) is 2.30. The van der Waals surface area contributed by atoms with Crippen LogP contribution in [0.15, 0.2) is 22.7 Å². The lowest BCUT2D eigenvalue weighted by atomic mass is 10.1. The zero-order valence-corrected chi connectivity index (χ0v) is 7.51. The summed E-state index contributed by atoms with van der Waals surface area (Å²) in [5.74, 6) is -1.55. The fraction of sp³-hybridized carbons (Fsp3) is 0. The van der Waals surface area contributed by atoms with E-state index in [1.807, 2.05) is 0 Å². The molecule has 1 rings (SSSR count). The van der Waals surface area contributed by atoms with Crippen LogP contribution in [-0.2, 0) is 4.79 Å². The van der Waals surface area contributed by atoms with Crippen LogP contribution in [0.25, 0.3) is 0 Å². The highest BCUT2D eigenvalue weighted by Gasteiger charge is 2.04. The molecule has 0 heterocycles. The molecule has 0 atom stereocenters. The van der Waals surface area contributed by atoms with E-state index in [1.54, 1.807) is 0 Å². The third-order valence-corrected chi connectivity index (χ3v) is 1.88. The van der Waals surface area contributed by atoms with E-state index in [0.717, 1.165) is 12.5 Å². The van der Waals surface area contributed by atoms with Gasteiger partial charge in [0.25, 0.3) is 0 Å². The number of aliphatic carboxylic acids is 1. The van der Waals surface area contributed by atoms with Crippen LogP contribution in [0.3, 0.4) is 0 Å². The van der Waals surface area contributed by atoms with Gasteiger partial charge in [-0.05, 0) is 33.6 Å². The van der Waals surface area contributed by atoms with E-state index in [-0.39, 0.29) is 0 Å². The first-order valence-electron chi connectivity index (χ1n) is 3.12. The zero-order chi connectivity index (χ0) is 9.14. The summed E-state index contributed by atoms with van der Waals surface area (Å²) < 4.78 is 13.1. The van der Waals surface area contributed by atoms with Crippen molar-refractivity contribution in [2.75, 3.05) is 0 Å². The minimum atomic E-state index is -1.09. The summed E-state index contributed by atoms with van der Waals surface area (Å²) in [6.07, 6.45) is 0.940. The highest BCUT2D eigenvalue weighted by molar-refractivity contribution is 9.10. The van der Waals surface area contributed by atoms with Gasteiger partial charge in [-0.25, -0.2) is 4.39 Å². The van der Waals surface area contributed by atoms with Crippen LogP contribution in [0, 0.1) is 12.2 Å². The van der Waals surface area contributed by atoms with Gasteiger partial charge < -0.3 is 5.11 Å². The number of hydrogen-bond donors (Lipinski definition) is 1. The topological polar surface area (TPSA) is 37.3 Å². The number of benzene rings is 1. The van der Waals surface area contributed by atoms with Crippen LogP contribution in [0.2, 0.25) is 0 Å². The molecule has 2 nitrogen and oxygen atoms in total. The van der Waals surface area contributed by atoms with Gasteiger partial charge in [-0.3, -0.25) is 4.79 Å². The Balaban J connectivity index is 2.89. The summed E-state index contributed by atoms with van der Waals surface area (Å²) >= 11 is 2.96. The fourth-order valence-corrected chi connectivity index (χ4v) is 0.991. The first-order chi connectivity index (χ1) is 5.59. The SMILES string of the molecule is O=C(O)[CH]c1ccc(Br)c(F)c1. The Kier molecular flexibility index (Phi) is 2.81. The molecule has 0 aliphatic rings. The number of halogens is 2. The van der Waals surface area contributed by atoms with Crippen molar-refractivity contribution in [3.63, 3.8) is 0 Å². The quantitative estimate of drug-likeness (QED) is 0.848. The van der Waals surface area contributed by atoms with E-state index in [1.165, 1.54) is 12.1 Å². The molecule has 1 N–H and O–H groups in total. The van der Waals surface area contributed by atoms with E-state index < -0.39 is 11.8 Å². The van der Waals surface area contributed by atoms with Gasteiger partial charge in [0.05, 0.1) is 10.9 Å². The normalized spacial score (nSPS) is 9.83. The van der Waals surface area contributed by atoms with Gasteiger partial charge >= 0.3 is 5.97 Å². The Bertz CT molecular complexity index is 312. The smallest absolute Gasteiger partial charge is 0.312 e. The van der Waals surface area contributed by atoms with Crippen molar-refractivity contribution < 1.29 is 14.3 Å². The minimum Gasteiger partial charge on any atom is -0.481 e. The Hall–Kier alpha value is -0.900. The lowest BCUT2D eigenvalue weighted by molar-refractivity contribution is -0.132. The first kappa shape index (κ1) is 9.19. The third-order valence-electron chi connectivity index (χ3n) is 1.23. The largest absolute Gasteiger partial charge is 0.481 e. The number of hydrogen-bond acceptors (Lipinski definition) is 1. The van der Waals surface area contributed by atoms with Crippen molar-refractivity contribution in [2.45, 2.75) is 0 Å². The summed E-state index contributed by atoms with van der Waals surface area (Å²) in [6.45, 7) is 0. The van der Waals surface area contributed by atoms with Crippen LogP contribution in [0.5, 0.6) is 0 Å². The molecule has 0 amide bonds. The fourth-order valence-electron chi connectivity index (χ4n) is 0.745. The van der Waals surface area contributed by atoms with E-state index in [9.17, 15) is 9.18 Å².